The number of nitrogens with two attached hydrogens (primary N) is 1. The van der Waals surface area contributed by atoms with Crippen molar-refractivity contribution in [3.8, 4) is 0 Å². The maximum absolute atomic E-state index is 9.34. The number of thioether (sulfide) groups is 1. The van der Waals surface area contributed by atoms with Crippen molar-refractivity contribution in [1.29, 1.82) is 0 Å². The second-order valence-corrected chi connectivity index (χ2v) is 7.67. The topological polar surface area (TPSA) is 46.2 Å². The van der Waals surface area contributed by atoms with E-state index in [2.05, 4.69) is 27.7 Å². The molecule has 1 saturated carbocycles. The molecule has 0 aromatic carbocycles. The van der Waals surface area contributed by atoms with Crippen LogP contribution < -0.4 is 5.73 Å². The standard InChI is InChI=1S/C12H25NOS/c1-9(2)15-10-7-12(13,8-14)6-5-11(10,3)4/h9-10,14H,5-8,13H2,1-4H3. The molecule has 2 unspecified atom stereocenters. The van der Waals surface area contributed by atoms with E-state index in [4.69, 9.17) is 5.73 Å². The Morgan fingerprint density at radius 3 is 2.47 bits per heavy atom. The minimum absolute atomic E-state index is 0.123. The molecule has 3 N–H and O–H groups in total. The lowest BCUT2D eigenvalue weighted by Crippen LogP contribution is -2.53. The van der Waals surface area contributed by atoms with Gasteiger partial charge >= 0.3 is 0 Å². The molecule has 0 amide bonds. The zero-order chi connectivity index (χ0) is 11.7. The summed E-state index contributed by atoms with van der Waals surface area (Å²) < 4.78 is 0. The van der Waals surface area contributed by atoms with Gasteiger partial charge < -0.3 is 10.8 Å². The normalized spacial score (nSPS) is 35.8. The molecule has 2 atom stereocenters. The van der Waals surface area contributed by atoms with E-state index in [-0.39, 0.29) is 12.1 Å². The summed E-state index contributed by atoms with van der Waals surface area (Å²) in [7, 11) is 0. The van der Waals surface area contributed by atoms with Gasteiger partial charge in [-0.2, -0.15) is 11.8 Å². The molecule has 1 aliphatic carbocycles. The van der Waals surface area contributed by atoms with Crippen molar-refractivity contribution in [3.63, 3.8) is 0 Å². The quantitative estimate of drug-likeness (QED) is 0.784. The summed E-state index contributed by atoms with van der Waals surface area (Å²) in [6.07, 6.45) is 3.01. The van der Waals surface area contributed by atoms with E-state index in [0.29, 0.717) is 15.9 Å². The lowest BCUT2D eigenvalue weighted by molar-refractivity contribution is 0.110. The van der Waals surface area contributed by atoms with Gasteiger partial charge in [0.1, 0.15) is 0 Å². The van der Waals surface area contributed by atoms with E-state index < -0.39 is 0 Å². The molecule has 0 aromatic rings. The average molecular weight is 231 g/mol. The lowest BCUT2D eigenvalue weighted by Gasteiger charge is -2.46. The van der Waals surface area contributed by atoms with Crippen molar-refractivity contribution in [1.82, 2.24) is 0 Å². The molecular formula is C12H25NOS. The summed E-state index contributed by atoms with van der Waals surface area (Å²) in [5, 5.41) is 10.5. The first-order valence-corrected chi connectivity index (χ1v) is 6.78. The molecule has 0 heterocycles. The molecule has 15 heavy (non-hydrogen) atoms. The first kappa shape index (κ1) is 13.3. The maximum Gasteiger partial charge on any atom is 0.0611 e. The highest BCUT2D eigenvalue weighted by Crippen LogP contribution is 2.46. The van der Waals surface area contributed by atoms with Crippen LogP contribution in [0.4, 0.5) is 0 Å². The highest BCUT2D eigenvalue weighted by atomic mass is 32.2. The molecule has 0 saturated heterocycles. The fourth-order valence-electron chi connectivity index (χ4n) is 2.18. The zero-order valence-electron chi connectivity index (χ0n) is 10.4. The predicted octanol–water partition coefficient (Wildman–Crippen LogP) is 2.40. The smallest absolute Gasteiger partial charge is 0.0611 e. The van der Waals surface area contributed by atoms with Crippen molar-refractivity contribution < 1.29 is 5.11 Å². The molecule has 3 heteroatoms. The predicted molar refractivity (Wildman–Crippen MR) is 68.2 cm³/mol. The SMILES string of the molecule is CC(C)SC1CC(N)(CO)CCC1(C)C. The molecule has 1 fully saturated rings. The number of hydrogen-bond acceptors (Lipinski definition) is 3. The van der Waals surface area contributed by atoms with E-state index in [9.17, 15) is 5.11 Å². The third kappa shape index (κ3) is 3.36. The summed E-state index contributed by atoms with van der Waals surface area (Å²) in [6.45, 7) is 9.23. The molecule has 0 spiro atoms. The van der Waals surface area contributed by atoms with Gasteiger partial charge in [-0.05, 0) is 29.9 Å². The van der Waals surface area contributed by atoms with Crippen molar-refractivity contribution in [3.05, 3.63) is 0 Å². The van der Waals surface area contributed by atoms with Crippen LogP contribution in [0.3, 0.4) is 0 Å². The third-order valence-corrected chi connectivity index (χ3v) is 5.16. The Labute approximate surface area is 98.0 Å². The van der Waals surface area contributed by atoms with Crippen molar-refractivity contribution >= 4 is 11.8 Å². The molecule has 0 aromatic heterocycles. The second-order valence-electron chi connectivity index (χ2n) is 5.89. The molecule has 1 aliphatic rings. The van der Waals surface area contributed by atoms with E-state index in [1.807, 2.05) is 11.8 Å². The molecule has 1 rings (SSSR count). The highest BCUT2D eigenvalue weighted by Gasteiger charge is 2.42. The van der Waals surface area contributed by atoms with Gasteiger partial charge in [-0.1, -0.05) is 27.7 Å². The fourth-order valence-corrected chi connectivity index (χ4v) is 3.76. The van der Waals surface area contributed by atoms with Gasteiger partial charge in [0.2, 0.25) is 0 Å². The monoisotopic (exact) mass is 231 g/mol. The van der Waals surface area contributed by atoms with Crippen molar-refractivity contribution in [2.75, 3.05) is 6.61 Å². The summed E-state index contributed by atoms with van der Waals surface area (Å²) in [4.78, 5) is 0. The lowest BCUT2D eigenvalue weighted by atomic mass is 9.69. The minimum atomic E-state index is -0.331. The van der Waals surface area contributed by atoms with Gasteiger partial charge in [0.25, 0.3) is 0 Å². The Bertz CT molecular complexity index is 218. The van der Waals surface area contributed by atoms with Crippen LogP contribution in [0.2, 0.25) is 0 Å². The van der Waals surface area contributed by atoms with Crippen LogP contribution in [0, 0.1) is 5.41 Å². The fraction of sp³-hybridized carbons (Fsp3) is 1.00. The number of rotatable bonds is 3. The molecular weight excluding hydrogens is 206 g/mol. The number of aliphatic hydroxyl groups is 1. The van der Waals surface area contributed by atoms with Crippen LogP contribution in [0.5, 0.6) is 0 Å². The Balaban J connectivity index is 2.70. The average Bonchev–Trinajstić information content (AvgIpc) is 2.12. The second kappa shape index (κ2) is 4.64. The number of hydrogen-bond donors (Lipinski definition) is 2. The van der Waals surface area contributed by atoms with Gasteiger partial charge in [-0.3, -0.25) is 0 Å². The largest absolute Gasteiger partial charge is 0.394 e. The molecule has 0 radical (unpaired) electrons. The van der Waals surface area contributed by atoms with Crippen LogP contribution in [-0.2, 0) is 0 Å². The minimum Gasteiger partial charge on any atom is -0.394 e. The van der Waals surface area contributed by atoms with Gasteiger partial charge in [-0.25, -0.2) is 0 Å². The van der Waals surface area contributed by atoms with Crippen LogP contribution in [0.15, 0.2) is 0 Å². The van der Waals surface area contributed by atoms with Gasteiger partial charge in [-0.15, -0.1) is 0 Å². The van der Waals surface area contributed by atoms with E-state index in [1.165, 1.54) is 0 Å². The molecule has 90 valence electrons. The van der Waals surface area contributed by atoms with Gasteiger partial charge in [0.15, 0.2) is 0 Å². The summed E-state index contributed by atoms with van der Waals surface area (Å²) >= 11 is 2.01. The van der Waals surface area contributed by atoms with E-state index >= 15 is 0 Å². The third-order valence-electron chi connectivity index (χ3n) is 3.48. The Kier molecular flexibility index (Phi) is 4.13. The van der Waals surface area contributed by atoms with Crippen molar-refractivity contribution in [2.24, 2.45) is 11.1 Å². The Morgan fingerprint density at radius 2 is 2.00 bits per heavy atom. The molecule has 0 aliphatic heterocycles. The van der Waals surface area contributed by atoms with E-state index in [1.54, 1.807) is 0 Å². The summed E-state index contributed by atoms with van der Waals surface area (Å²) in [5.74, 6) is 0. The Morgan fingerprint density at radius 1 is 1.40 bits per heavy atom. The first-order chi connectivity index (χ1) is 6.79. The van der Waals surface area contributed by atoms with Gasteiger partial charge in [0, 0.05) is 10.8 Å². The first-order valence-electron chi connectivity index (χ1n) is 5.84. The Hall–Kier alpha value is 0.270. The molecule has 2 nitrogen and oxygen atoms in total. The van der Waals surface area contributed by atoms with Crippen LogP contribution in [0.1, 0.15) is 47.0 Å². The summed E-state index contributed by atoms with van der Waals surface area (Å²) in [6, 6.07) is 0. The van der Waals surface area contributed by atoms with E-state index in [0.717, 1.165) is 19.3 Å². The highest BCUT2D eigenvalue weighted by molar-refractivity contribution is 8.00. The summed E-state index contributed by atoms with van der Waals surface area (Å²) in [5.41, 5.74) is 6.21. The zero-order valence-corrected chi connectivity index (χ0v) is 11.2. The van der Waals surface area contributed by atoms with Gasteiger partial charge in [0.05, 0.1) is 6.61 Å². The van der Waals surface area contributed by atoms with Crippen molar-refractivity contribution in [2.45, 2.75) is 63.0 Å². The number of aliphatic hydroxyl groups excluding tert-OH is 1. The van der Waals surface area contributed by atoms with Crippen LogP contribution in [0.25, 0.3) is 0 Å². The van der Waals surface area contributed by atoms with Crippen LogP contribution >= 0.6 is 11.8 Å². The molecule has 0 bridgehead atoms. The van der Waals surface area contributed by atoms with Crippen LogP contribution in [-0.4, -0.2) is 27.8 Å². The maximum atomic E-state index is 9.34.